The monoisotopic (exact) mass is 328 g/mol. The number of aromatic carboxylic acids is 1. The number of carbonyl (C=O) groups is 1. The summed E-state index contributed by atoms with van der Waals surface area (Å²) >= 11 is 3.23. The Balaban J connectivity index is 2.32. The lowest BCUT2D eigenvalue weighted by atomic mass is 9.91. The van der Waals surface area contributed by atoms with Gasteiger partial charge in [-0.25, -0.2) is 9.78 Å². The molecule has 104 valence electrons. The van der Waals surface area contributed by atoms with Crippen LogP contribution >= 0.6 is 15.9 Å². The van der Waals surface area contributed by atoms with Crippen molar-refractivity contribution in [1.82, 2.24) is 4.98 Å². The van der Waals surface area contributed by atoms with Gasteiger partial charge >= 0.3 is 5.97 Å². The average molecular weight is 329 g/mol. The fourth-order valence-corrected chi connectivity index (χ4v) is 2.90. The van der Waals surface area contributed by atoms with Crippen molar-refractivity contribution in [3.63, 3.8) is 0 Å². The second-order valence-electron chi connectivity index (χ2n) is 4.86. The van der Waals surface area contributed by atoms with Crippen LogP contribution in [0, 0.1) is 0 Å². The molecule has 1 saturated carbocycles. The predicted octanol–water partition coefficient (Wildman–Crippen LogP) is 2.28. The van der Waals surface area contributed by atoms with Gasteiger partial charge in [0.2, 0.25) is 0 Å². The number of carboxylic acid groups (broad SMARTS) is 1. The Bertz CT molecular complexity index is 481. The van der Waals surface area contributed by atoms with E-state index in [0.717, 1.165) is 25.7 Å². The number of nitrogens with zero attached hydrogens (tertiary/aromatic N) is 2. The highest BCUT2D eigenvalue weighted by Crippen LogP contribution is 2.28. The first-order valence-electron chi connectivity index (χ1n) is 6.30. The summed E-state index contributed by atoms with van der Waals surface area (Å²) in [4.78, 5) is 17.3. The molecular weight excluding hydrogens is 312 g/mol. The molecule has 2 N–H and O–H groups in total. The summed E-state index contributed by atoms with van der Waals surface area (Å²) in [6, 6.07) is 1.47. The number of likely N-dealkylation sites (N-methyl/N-ethyl adjacent to an activating group) is 1. The fourth-order valence-electron chi connectivity index (χ4n) is 2.57. The van der Waals surface area contributed by atoms with E-state index in [1.807, 2.05) is 0 Å². The molecule has 2 atom stereocenters. The van der Waals surface area contributed by atoms with E-state index in [9.17, 15) is 15.0 Å². The summed E-state index contributed by atoms with van der Waals surface area (Å²) in [6.07, 6.45) is 4.83. The normalized spacial score (nSPS) is 23.1. The molecule has 2 unspecified atom stereocenters. The van der Waals surface area contributed by atoms with Crippen LogP contribution in [0.5, 0.6) is 0 Å². The van der Waals surface area contributed by atoms with Gasteiger partial charge in [-0.05, 0) is 34.8 Å². The van der Waals surface area contributed by atoms with Gasteiger partial charge in [-0.3, -0.25) is 0 Å². The molecule has 5 nitrogen and oxygen atoms in total. The summed E-state index contributed by atoms with van der Waals surface area (Å²) in [7, 11) is 1.79. The molecular formula is C13H17BrN2O3. The summed E-state index contributed by atoms with van der Waals surface area (Å²) in [6.45, 7) is 0. The highest BCUT2D eigenvalue weighted by molar-refractivity contribution is 9.10. The van der Waals surface area contributed by atoms with Crippen LogP contribution in [0.3, 0.4) is 0 Å². The van der Waals surface area contributed by atoms with E-state index in [0.29, 0.717) is 10.3 Å². The third kappa shape index (κ3) is 3.06. The maximum absolute atomic E-state index is 11.3. The van der Waals surface area contributed by atoms with Crippen LogP contribution in [0.1, 0.15) is 36.0 Å². The Morgan fingerprint density at radius 1 is 1.47 bits per heavy atom. The molecule has 2 rings (SSSR count). The van der Waals surface area contributed by atoms with Gasteiger partial charge in [0.25, 0.3) is 0 Å². The fraction of sp³-hybridized carbons (Fsp3) is 0.538. The van der Waals surface area contributed by atoms with Crippen molar-refractivity contribution in [1.29, 1.82) is 0 Å². The molecule has 1 aliphatic carbocycles. The van der Waals surface area contributed by atoms with Gasteiger partial charge in [-0.2, -0.15) is 0 Å². The molecule has 0 saturated heterocycles. The molecule has 0 bridgehead atoms. The SMILES string of the molecule is CN(c1ncc(Br)cc1C(=O)O)C1CCCCC1O. The topological polar surface area (TPSA) is 73.7 Å². The van der Waals surface area contributed by atoms with E-state index in [-0.39, 0.29) is 11.6 Å². The van der Waals surface area contributed by atoms with Crippen LogP contribution in [0.2, 0.25) is 0 Å². The highest BCUT2D eigenvalue weighted by atomic mass is 79.9. The number of pyridine rings is 1. The lowest BCUT2D eigenvalue weighted by molar-refractivity contribution is 0.0695. The summed E-state index contributed by atoms with van der Waals surface area (Å²) < 4.78 is 0.631. The Morgan fingerprint density at radius 2 is 2.16 bits per heavy atom. The number of aliphatic hydroxyl groups excluding tert-OH is 1. The molecule has 0 radical (unpaired) electrons. The minimum Gasteiger partial charge on any atom is -0.478 e. The molecule has 0 aromatic carbocycles. The summed E-state index contributed by atoms with van der Waals surface area (Å²) in [5, 5.41) is 19.3. The quantitative estimate of drug-likeness (QED) is 0.890. The van der Waals surface area contributed by atoms with Crippen LogP contribution in [-0.2, 0) is 0 Å². The molecule has 19 heavy (non-hydrogen) atoms. The molecule has 0 aliphatic heterocycles. The van der Waals surface area contributed by atoms with E-state index >= 15 is 0 Å². The van der Waals surface area contributed by atoms with E-state index in [4.69, 9.17) is 0 Å². The first-order chi connectivity index (χ1) is 9.00. The highest BCUT2D eigenvalue weighted by Gasteiger charge is 2.29. The first-order valence-corrected chi connectivity index (χ1v) is 7.09. The largest absolute Gasteiger partial charge is 0.478 e. The van der Waals surface area contributed by atoms with E-state index in [1.54, 1.807) is 18.1 Å². The van der Waals surface area contributed by atoms with Crippen molar-refractivity contribution in [3.8, 4) is 0 Å². The predicted molar refractivity (Wildman–Crippen MR) is 75.6 cm³/mol. The van der Waals surface area contributed by atoms with Gasteiger partial charge in [0, 0.05) is 17.7 Å². The summed E-state index contributed by atoms with van der Waals surface area (Å²) in [5.74, 6) is -0.609. The molecule has 1 aromatic rings. The maximum Gasteiger partial charge on any atom is 0.339 e. The van der Waals surface area contributed by atoms with Crippen LogP contribution in [0.4, 0.5) is 5.82 Å². The number of anilines is 1. The van der Waals surface area contributed by atoms with Crippen molar-refractivity contribution >= 4 is 27.7 Å². The standard InChI is InChI=1S/C13H17BrN2O3/c1-16(10-4-2-3-5-11(10)17)12-9(13(18)19)6-8(14)7-15-12/h6-7,10-11,17H,2-5H2,1H3,(H,18,19). The molecule has 6 heteroatoms. The van der Waals surface area contributed by atoms with E-state index in [2.05, 4.69) is 20.9 Å². The zero-order chi connectivity index (χ0) is 14.0. The number of hydrogen-bond acceptors (Lipinski definition) is 4. The van der Waals surface area contributed by atoms with Crippen LogP contribution in [-0.4, -0.2) is 40.4 Å². The lowest BCUT2D eigenvalue weighted by Crippen LogP contribution is -2.44. The van der Waals surface area contributed by atoms with Crippen molar-refractivity contribution in [3.05, 3.63) is 22.3 Å². The summed E-state index contributed by atoms with van der Waals surface area (Å²) in [5.41, 5.74) is 0.148. The number of rotatable bonds is 3. The molecule has 1 fully saturated rings. The smallest absolute Gasteiger partial charge is 0.339 e. The Labute approximate surface area is 120 Å². The van der Waals surface area contributed by atoms with Gasteiger partial charge in [0.1, 0.15) is 11.4 Å². The van der Waals surface area contributed by atoms with Crippen molar-refractivity contribution in [2.75, 3.05) is 11.9 Å². The van der Waals surface area contributed by atoms with E-state index in [1.165, 1.54) is 6.07 Å². The van der Waals surface area contributed by atoms with Crippen molar-refractivity contribution in [2.24, 2.45) is 0 Å². The van der Waals surface area contributed by atoms with Crippen LogP contribution in [0.15, 0.2) is 16.7 Å². The molecule has 1 aliphatic rings. The zero-order valence-corrected chi connectivity index (χ0v) is 12.3. The number of halogens is 1. The van der Waals surface area contributed by atoms with Crippen LogP contribution < -0.4 is 4.90 Å². The molecule has 0 spiro atoms. The minimum atomic E-state index is -1.01. The van der Waals surface area contributed by atoms with Crippen LogP contribution in [0.25, 0.3) is 0 Å². The molecule has 0 amide bonds. The number of aromatic nitrogens is 1. The van der Waals surface area contributed by atoms with Gasteiger partial charge in [0.15, 0.2) is 0 Å². The van der Waals surface area contributed by atoms with Gasteiger partial charge < -0.3 is 15.1 Å². The van der Waals surface area contributed by atoms with Crippen molar-refractivity contribution < 1.29 is 15.0 Å². The molecule has 1 aromatic heterocycles. The second kappa shape index (κ2) is 5.88. The number of aliphatic hydroxyl groups is 1. The zero-order valence-electron chi connectivity index (χ0n) is 10.7. The average Bonchev–Trinajstić information content (AvgIpc) is 2.38. The third-order valence-corrected chi connectivity index (χ3v) is 4.02. The third-order valence-electron chi connectivity index (χ3n) is 3.59. The number of hydrogen-bond donors (Lipinski definition) is 2. The Morgan fingerprint density at radius 3 is 2.79 bits per heavy atom. The minimum absolute atomic E-state index is 0.0690. The van der Waals surface area contributed by atoms with Gasteiger partial charge in [-0.15, -0.1) is 0 Å². The maximum atomic E-state index is 11.3. The molecule has 1 heterocycles. The Hall–Kier alpha value is -1.14. The first kappa shape index (κ1) is 14.3. The van der Waals surface area contributed by atoms with E-state index < -0.39 is 12.1 Å². The number of carboxylic acids is 1. The Kier molecular flexibility index (Phi) is 4.42. The van der Waals surface area contributed by atoms with Gasteiger partial charge in [0.05, 0.1) is 12.1 Å². The second-order valence-corrected chi connectivity index (χ2v) is 5.78. The van der Waals surface area contributed by atoms with Crippen molar-refractivity contribution in [2.45, 2.75) is 37.8 Å². The lowest BCUT2D eigenvalue weighted by Gasteiger charge is -2.36. The van der Waals surface area contributed by atoms with Gasteiger partial charge in [-0.1, -0.05) is 12.8 Å².